The predicted molar refractivity (Wildman–Crippen MR) is 44.0 cm³/mol. The minimum Gasteiger partial charge on any atom is -1.00 e. The summed E-state index contributed by atoms with van der Waals surface area (Å²) in [5.41, 5.74) is 1.18. The van der Waals surface area contributed by atoms with Gasteiger partial charge < -0.3 is 2.85 Å². The van der Waals surface area contributed by atoms with E-state index in [2.05, 4.69) is 0 Å². The Balaban J connectivity index is -0.000000213. The Labute approximate surface area is 79.3 Å². The van der Waals surface area contributed by atoms with Gasteiger partial charge in [-0.3, -0.25) is 0 Å². The molecule has 0 N–H and O–H groups in total. The summed E-state index contributed by atoms with van der Waals surface area (Å²) in [6.45, 7) is 0. The Hall–Kier alpha value is 0.276. The van der Waals surface area contributed by atoms with Crippen LogP contribution in [0.4, 0.5) is 0 Å². The van der Waals surface area contributed by atoms with Crippen LogP contribution in [0.15, 0.2) is 30.3 Å². The number of rotatable bonds is 1. The van der Waals surface area contributed by atoms with Crippen molar-refractivity contribution in [1.82, 2.24) is 0 Å². The normalized spacial score (nSPS) is 8.11. The zero-order valence-electron chi connectivity index (χ0n) is 7.18. The average Bonchev–Trinajstić information content (AvgIpc) is 1.90. The predicted octanol–water partition coefficient (Wildman–Crippen LogP) is 2.27. The molecule has 0 atom stereocenters. The molecule has 0 unspecified atom stereocenters. The van der Waals surface area contributed by atoms with E-state index >= 15 is 0 Å². The van der Waals surface area contributed by atoms with Crippen LogP contribution in [0.1, 0.15) is 8.42 Å². The third kappa shape index (κ3) is 3.09. The van der Waals surface area contributed by atoms with Crippen molar-refractivity contribution in [1.29, 1.82) is 0 Å². The number of benzene rings is 1. The molecular formula is C7H9ClMg. The van der Waals surface area contributed by atoms with Gasteiger partial charge in [-0.05, 0) is 5.56 Å². The molecular weight excluding hydrogens is 144 g/mol. The summed E-state index contributed by atoms with van der Waals surface area (Å²) in [6.07, 6.45) is 0. The number of halogens is 1. The molecule has 2 heteroatoms. The molecule has 0 radical (unpaired) electrons. The smallest absolute Gasteiger partial charge is 1.00 e. The molecule has 0 amide bonds. The van der Waals surface area contributed by atoms with Crippen LogP contribution in [0.2, 0.25) is 0 Å². The van der Waals surface area contributed by atoms with Gasteiger partial charge in [0.1, 0.15) is 0 Å². The minimum absolute atomic E-state index is 0. The van der Waals surface area contributed by atoms with Crippen molar-refractivity contribution >= 4 is 34.7 Å². The van der Waals surface area contributed by atoms with Crippen LogP contribution in [0.3, 0.4) is 0 Å². The van der Waals surface area contributed by atoms with E-state index in [0.29, 0.717) is 5.88 Å². The summed E-state index contributed by atoms with van der Waals surface area (Å²) in [5.74, 6) is 0.612. The van der Waals surface area contributed by atoms with E-state index in [-0.39, 0.29) is 25.9 Å². The molecule has 0 fully saturated rings. The first-order chi connectivity index (χ1) is 3.93. The first-order valence-electron chi connectivity index (χ1n) is 2.53. The largest absolute Gasteiger partial charge is 2.00 e. The molecule has 0 nitrogen and oxygen atoms in total. The fraction of sp³-hybridized carbons (Fsp3) is 0.143. The maximum Gasteiger partial charge on any atom is 2.00 e. The molecule has 0 saturated heterocycles. The fourth-order valence-corrected chi connectivity index (χ4v) is 0.745. The van der Waals surface area contributed by atoms with Gasteiger partial charge in [-0.1, -0.05) is 30.3 Å². The van der Waals surface area contributed by atoms with E-state index in [0.717, 1.165) is 0 Å². The molecule has 0 aliphatic carbocycles. The van der Waals surface area contributed by atoms with Crippen LogP contribution in [0, 0.1) is 0 Å². The summed E-state index contributed by atoms with van der Waals surface area (Å²) in [7, 11) is 0. The van der Waals surface area contributed by atoms with Crippen LogP contribution in [0.5, 0.6) is 0 Å². The van der Waals surface area contributed by atoms with Crippen molar-refractivity contribution in [3.63, 3.8) is 0 Å². The van der Waals surface area contributed by atoms with Gasteiger partial charge in [0.15, 0.2) is 0 Å². The van der Waals surface area contributed by atoms with E-state index in [1.54, 1.807) is 0 Å². The Kier molecular flexibility index (Phi) is 5.25. The molecule has 0 aliphatic rings. The van der Waals surface area contributed by atoms with Gasteiger partial charge in [0.2, 0.25) is 0 Å². The SMILES string of the molecule is ClCc1ccccc1.[H-].[H-].[Mg+2]. The van der Waals surface area contributed by atoms with Gasteiger partial charge in [0, 0.05) is 5.88 Å². The maximum atomic E-state index is 5.53. The van der Waals surface area contributed by atoms with Crippen molar-refractivity contribution in [2.24, 2.45) is 0 Å². The van der Waals surface area contributed by atoms with Gasteiger partial charge in [-0.2, -0.15) is 0 Å². The summed E-state index contributed by atoms with van der Waals surface area (Å²) in [5, 5.41) is 0. The van der Waals surface area contributed by atoms with E-state index < -0.39 is 0 Å². The summed E-state index contributed by atoms with van der Waals surface area (Å²) in [4.78, 5) is 0. The van der Waals surface area contributed by atoms with Crippen molar-refractivity contribution < 1.29 is 2.85 Å². The molecule has 0 aliphatic heterocycles. The molecule has 1 rings (SSSR count). The minimum atomic E-state index is 0. The number of hydrogen-bond donors (Lipinski definition) is 0. The van der Waals surface area contributed by atoms with Gasteiger partial charge in [0.05, 0.1) is 0 Å². The second-order valence-corrected chi connectivity index (χ2v) is 1.89. The fourth-order valence-electron chi connectivity index (χ4n) is 0.567. The maximum absolute atomic E-state index is 5.53. The Morgan fingerprint density at radius 3 is 2.11 bits per heavy atom. The molecule has 9 heavy (non-hydrogen) atoms. The first-order valence-corrected chi connectivity index (χ1v) is 3.07. The molecule has 0 aromatic heterocycles. The third-order valence-corrected chi connectivity index (χ3v) is 1.31. The number of alkyl halides is 1. The Bertz CT molecular complexity index is 158. The molecule has 0 heterocycles. The van der Waals surface area contributed by atoms with Crippen LogP contribution in [-0.4, -0.2) is 23.1 Å². The molecule has 0 spiro atoms. The van der Waals surface area contributed by atoms with Gasteiger partial charge >= 0.3 is 23.1 Å². The first kappa shape index (κ1) is 9.28. The van der Waals surface area contributed by atoms with Crippen LogP contribution in [0.25, 0.3) is 0 Å². The molecule has 1 aromatic rings. The second kappa shape index (κ2) is 5.09. The van der Waals surface area contributed by atoms with Crippen LogP contribution < -0.4 is 0 Å². The van der Waals surface area contributed by atoms with Crippen molar-refractivity contribution in [3.05, 3.63) is 35.9 Å². The Morgan fingerprint density at radius 2 is 1.78 bits per heavy atom. The van der Waals surface area contributed by atoms with Gasteiger partial charge in [-0.25, -0.2) is 0 Å². The topological polar surface area (TPSA) is 0 Å². The zero-order valence-corrected chi connectivity index (χ0v) is 7.35. The summed E-state index contributed by atoms with van der Waals surface area (Å²) < 4.78 is 0. The van der Waals surface area contributed by atoms with Crippen LogP contribution in [-0.2, 0) is 5.88 Å². The molecule has 0 bridgehead atoms. The van der Waals surface area contributed by atoms with Crippen LogP contribution >= 0.6 is 11.6 Å². The van der Waals surface area contributed by atoms with E-state index in [4.69, 9.17) is 11.6 Å². The summed E-state index contributed by atoms with van der Waals surface area (Å²) >= 11 is 5.53. The van der Waals surface area contributed by atoms with Gasteiger partial charge in [0.25, 0.3) is 0 Å². The van der Waals surface area contributed by atoms with Gasteiger partial charge in [-0.15, -0.1) is 11.6 Å². The van der Waals surface area contributed by atoms with E-state index in [1.807, 2.05) is 30.3 Å². The van der Waals surface area contributed by atoms with Crippen molar-refractivity contribution in [3.8, 4) is 0 Å². The third-order valence-electron chi connectivity index (χ3n) is 0.997. The Morgan fingerprint density at radius 1 is 1.22 bits per heavy atom. The quantitative estimate of drug-likeness (QED) is 0.428. The number of hydrogen-bond acceptors (Lipinski definition) is 0. The van der Waals surface area contributed by atoms with Crippen molar-refractivity contribution in [2.75, 3.05) is 0 Å². The van der Waals surface area contributed by atoms with E-state index in [1.165, 1.54) is 5.56 Å². The summed E-state index contributed by atoms with van der Waals surface area (Å²) in [6, 6.07) is 9.96. The zero-order chi connectivity index (χ0) is 5.82. The standard InChI is InChI=1S/C7H7Cl.Mg.2H/c8-6-7-4-2-1-3-5-7;;;/h1-5H,6H2;;;/q;+2;2*-1. The van der Waals surface area contributed by atoms with E-state index in [9.17, 15) is 0 Å². The van der Waals surface area contributed by atoms with Crippen molar-refractivity contribution in [2.45, 2.75) is 5.88 Å². The molecule has 1 aromatic carbocycles. The second-order valence-electron chi connectivity index (χ2n) is 1.62. The molecule has 0 saturated carbocycles. The molecule has 46 valence electrons. The average molecular weight is 153 g/mol. The monoisotopic (exact) mass is 152 g/mol.